The smallest absolute Gasteiger partial charge is 0.247 e. The van der Waals surface area contributed by atoms with Gasteiger partial charge in [-0.05, 0) is 43.2 Å². The van der Waals surface area contributed by atoms with Crippen molar-refractivity contribution < 1.29 is 9.59 Å². The molecular formula is C27H32N4O2. The van der Waals surface area contributed by atoms with Gasteiger partial charge in [-0.15, -0.1) is 0 Å². The van der Waals surface area contributed by atoms with E-state index >= 15 is 0 Å². The molecule has 0 aliphatic heterocycles. The number of aryl methyl sites for hydroxylation is 1. The SMILES string of the molecule is CCN(CC(=O)Nc1cc(C(C)(C)C)nn1-c1cccc(C)c1)C(=O)C=Cc1ccccc1. The standard InChI is InChI=1S/C27H32N4O2/c1-6-30(26(33)16-15-21-12-8-7-9-13-21)19-25(32)28-24-18-23(27(3,4)5)29-31(24)22-14-10-11-20(2)17-22/h7-18H,6,19H2,1-5H3,(H,28,32). The van der Waals surface area contributed by atoms with Gasteiger partial charge in [-0.3, -0.25) is 9.59 Å². The molecule has 3 aromatic rings. The molecule has 0 unspecified atom stereocenters. The fraction of sp³-hybridized carbons (Fsp3) is 0.296. The van der Waals surface area contributed by atoms with Gasteiger partial charge < -0.3 is 10.2 Å². The van der Waals surface area contributed by atoms with Crippen molar-refractivity contribution in [3.05, 3.63) is 83.6 Å². The first-order chi connectivity index (χ1) is 15.7. The third kappa shape index (κ3) is 6.42. The van der Waals surface area contributed by atoms with Gasteiger partial charge in [0.2, 0.25) is 11.8 Å². The van der Waals surface area contributed by atoms with Crippen molar-refractivity contribution in [2.45, 2.75) is 40.0 Å². The van der Waals surface area contributed by atoms with Crippen molar-refractivity contribution in [3.8, 4) is 5.69 Å². The van der Waals surface area contributed by atoms with E-state index in [1.807, 2.05) is 74.5 Å². The van der Waals surface area contributed by atoms with Gasteiger partial charge in [0.05, 0.1) is 11.4 Å². The van der Waals surface area contributed by atoms with Gasteiger partial charge in [0.25, 0.3) is 0 Å². The summed E-state index contributed by atoms with van der Waals surface area (Å²) >= 11 is 0. The Bertz CT molecular complexity index is 1140. The molecule has 0 saturated heterocycles. The summed E-state index contributed by atoms with van der Waals surface area (Å²) in [6, 6.07) is 19.5. The molecular weight excluding hydrogens is 412 g/mol. The minimum Gasteiger partial charge on any atom is -0.330 e. The first-order valence-electron chi connectivity index (χ1n) is 11.2. The first-order valence-corrected chi connectivity index (χ1v) is 11.2. The fourth-order valence-electron chi connectivity index (χ4n) is 3.33. The van der Waals surface area contributed by atoms with Gasteiger partial charge in [-0.1, -0.05) is 63.2 Å². The number of carbonyl (C=O) groups is 2. The maximum Gasteiger partial charge on any atom is 0.247 e. The lowest BCUT2D eigenvalue weighted by Crippen LogP contribution is -2.37. The number of anilines is 1. The van der Waals surface area contributed by atoms with Crippen LogP contribution < -0.4 is 5.32 Å². The van der Waals surface area contributed by atoms with Crippen molar-refractivity contribution >= 4 is 23.7 Å². The van der Waals surface area contributed by atoms with E-state index in [0.29, 0.717) is 12.4 Å². The van der Waals surface area contributed by atoms with Gasteiger partial charge in [-0.25, -0.2) is 4.68 Å². The van der Waals surface area contributed by atoms with Crippen LogP contribution in [0, 0.1) is 6.92 Å². The summed E-state index contributed by atoms with van der Waals surface area (Å²) < 4.78 is 1.75. The van der Waals surface area contributed by atoms with Gasteiger partial charge in [-0.2, -0.15) is 5.10 Å². The van der Waals surface area contributed by atoms with E-state index in [1.54, 1.807) is 10.8 Å². The van der Waals surface area contributed by atoms with E-state index in [1.165, 1.54) is 11.0 Å². The normalized spacial score (nSPS) is 11.5. The van der Waals surface area contributed by atoms with E-state index in [9.17, 15) is 9.59 Å². The number of hydrogen-bond acceptors (Lipinski definition) is 3. The minimum absolute atomic E-state index is 0.0433. The minimum atomic E-state index is -0.271. The van der Waals surface area contributed by atoms with E-state index < -0.39 is 0 Å². The number of nitrogens with one attached hydrogen (secondary N) is 1. The van der Waals surface area contributed by atoms with Crippen LogP contribution in [0.3, 0.4) is 0 Å². The Kier molecular flexibility index (Phi) is 7.48. The first kappa shape index (κ1) is 24.0. The molecule has 33 heavy (non-hydrogen) atoms. The number of rotatable bonds is 7. The largest absolute Gasteiger partial charge is 0.330 e. The molecule has 2 aromatic carbocycles. The van der Waals surface area contributed by atoms with E-state index in [4.69, 9.17) is 5.10 Å². The van der Waals surface area contributed by atoms with Crippen LogP contribution in [-0.2, 0) is 15.0 Å². The number of benzene rings is 2. The van der Waals surface area contributed by atoms with E-state index in [-0.39, 0.29) is 23.8 Å². The molecule has 1 heterocycles. The Hall–Kier alpha value is -3.67. The maximum absolute atomic E-state index is 12.9. The summed E-state index contributed by atoms with van der Waals surface area (Å²) in [6.07, 6.45) is 3.26. The molecule has 3 rings (SSSR count). The Morgan fingerprint density at radius 2 is 1.79 bits per heavy atom. The second-order valence-electron chi connectivity index (χ2n) is 9.06. The van der Waals surface area contributed by atoms with Crippen molar-refractivity contribution in [1.29, 1.82) is 0 Å². The molecule has 6 nitrogen and oxygen atoms in total. The molecule has 2 amide bonds. The van der Waals surface area contributed by atoms with Crippen molar-refractivity contribution in [1.82, 2.24) is 14.7 Å². The second-order valence-corrected chi connectivity index (χ2v) is 9.06. The number of likely N-dealkylation sites (N-methyl/N-ethyl adjacent to an activating group) is 1. The highest BCUT2D eigenvalue weighted by Gasteiger charge is 2.22. The van der Waals surface area contributed by atoms with E-state index in [2.05, 4.69) is 26.1 Å². The topological polar surface area (TPSA) is 67.2 Å². The zero-order valence-electron chi connectivity index (χ0n) is 20.0. The zero-order valence-corrected chi connectivity index (χ0v) is 20.0. The van der Waals surface area contributed by atoms with Crippen LogP contribution in [0.1, 0.15) is 44.5 Å². The van der Waals surface area contributed by atoms with Crippen LogP contribution in [0.15, 0.2) is 66.7 Å². The van der Waals surface area contributed by atoms with Crippen LogP contribution in [0.5, 0.6) is 0 Å². The Balaban J connectivity index is 1.77. The molecule has 1 aromatic heterocycles. The number of aromatic nitrogens is 2. The highest BCUT2D eigenvalue weighted by molar-refractivity contribution is 5.97. The maximum atomic E-state index is 12.9. The Labute approximate surface area is 195 Å². The van der Waals surface area contributed by atoms with Crippen molar-refractivity contribution in [2.75, 3.05) is 18.4 Å². The number of carbonyl (C=O) groups excluding carboxylic acids is 2. The Morgan fingerprint density at radius 1 is 1.06 bits per heavy atom. The average Bonchev–Trinajstić information content (AvgIpc) is 3.21. The summed E-state index contributed by atoms with van der Waals surface area (Å²) in [7, 11) is 0. The molecule has 172 valence electrons. The lowest BCUT2D eigenvalue weighted by atomic mass is 9.92. The fourth-order valence-corrected chi connectivity index (χ4v) is 3.33. The molecule has 0 bridgehead atoms. The molecule has 1 N–H and O–H groups in total. The summed E-state index contributed by atoms with van der Waals surface area (Å²) in [5.74, 6) is 0.102. The second kappa shape index (κ2) is 10.3. The van der Waals surface area contributed by atoms with Crippen LogP contribution in [0.25, 0.3) is 11.8 Å². The lowest BCUT2D eigenvalue weighted by molar-refractivity contribution is -0.130. The number of hydrogen-bond donors (Lipinski definition) is 1. The highest BCUT2D eigenvalue weighted by atomic mass is 16.2. The van der Waals surface area contributed by atoms with Gasteiger partial charge in [0.15, 0.2) is 0 Å². The third-order valence-corrected chi connectivity index (χ3v) is 5.24. The molecule has 0 fully saturated rings. The van der Waals surface area contributed by atoms with Crippen LogP contribution >= 0.6 is 0 Å². The van der Waals surface area contributed by atoms with Crippen LogP contribution in [-0.4, -0.2) is 39.6 Å². The van der Waals surface area contributed by atoms with E-state index in [0.717, 1.165) is 22.5 Å². The molecule has 0 atom stereocenters. The zero-order chi connectivity index (χ0) is 24.0. The summed E-state index contributed by atoms with van der Waals surface area (Å²) in [5, 5.41) is 7.71. The predicted octanol–water partition coefficient (Wildman–Crippen LogP) is 4.98. The monoisotopic (exact) mass is 444 g/mol. The van der Waals surface area contributed by atoms with Crippen molar-refractivity contribution in [3.63, 3.8) is 0 Å². The molecule has 0 aliphatic carbocycles. The summed E-state index contributed by atoms with van der Waals surface area (Å²) in [5.41, 5.74) is 3.60. The van der Waals surface area contributed by atoms with Crippen LogP contribution in [0.4, 0.5) is 5.82 Å². The number of nitrogens with zero attached hydrogens (tertiary/aromatic N) is 3. The van der Waals surface area contributed by atoms with Crippen LogP contribution in [0.2, 0.25) is 0 Å². The summed E-state index contributed by atoms with van der Waals surface area (Å²) in [4.78, 5) is 27.0. The predicted molar refractivity (Wildman–Crippen MR) is 133 cm³/mol. The molecule has 0 spiro atoms. The lowest BCUT2D eigenvalue weighted by Gasteiger charge is -2.19. The Morgan fingerprint density at radius 3 is 2.42 bits per heavy atom. The third-order valence-electron chi connectivity index (χ3n) is 5.24. The highest BCUT2D eigenvalue weighted by Crippen LogP contribution is 2.26. The van der Waals surface area contributed by atoms with Gasteiger partial charge in [0, 0.05) is 24.1 Å². The molecule has 0 aliphatic rings. The number of amides is 2. The van der Waals surface area contributed by atoms with Crippen molar-refractivity contribution in [2.24, 2.45) is 0 Å². The molecule has 0 saturated carbocycles. The molecule has 6 heteroatoms. The van der Waals surface area contributed by atoms with Gasteiger partial charge in [0.1, 0.15) is 12.4 Å². The quantitative estimate of drug-likeness (QED) is 0.523. The molecule has 0 radical (unpaired) electrons. The summed E-state index contributed by atoms with van der Waals surface area (Å²) in [6.45, 7) is 10.5. The van der Waals surface area contributed by atoms with Gasteiger partial charge >= 0.3 is 0 Å². The average molecular weight is 445 g/mol.